The Hall–Kier alpha value is -0.570. The molecule has 1 atom stereocenters. The minimum Gasteiger partial charge on any atom is -0.481 e. The van der Waals surface area contributed by atoms with Crippen molar-refractivity contribution in [2.24, 2.45) is 0 Å². The van der Waals surface area contributed by atoms with Crippen LogP contribution in [0.2, 0.25) is 0 Å². The first-order valence-corrected chi connectivity index (χ1v) is 4.06. The lowest BCUT2D eigenvalue weighted by Gasteiger charge is -2.06. The molecule has 3 heteroatoms. The third kappa shape index (κ3) is 7.33. The molecule has 0 saturated heterocycles. The van der Waals surface area contributed by atoms with E-state index in [2.05, 4.69) is 0 Å². The van der Waals surface area contributed by atoms with E-state index >= 15 is 0 Å². The Morgan fingerprint density at radius 2 is 2.09 bits per heavy atom. The van der Waals surface area contributed by atoms with Gasteiger partial charge >= 0.3 is 5.97 Å². The molecule has 3 nitrogen and oxygen atoms in total. The fourth-order valence-electron chi connectivity index (χ4n) is 0.874. The number of aliphatic hydroxyl groups excluding tert-OH is 1. The molecule has 0 rings (SSSR count). The van der Waals surface area contributed by atoms with Gasteiger partial charge in [-0.1, -0.05) is 19.8 Å². The average Bonchev–Trinajstić information content (AvgIpc) is 1.97. The van der Waals surface area contributed by atoms with Crippen LogP contribution in [-0.2, 0) is 4.79 Å². The Bertz CT molecular complexity index is 112. The number of carboxylic acids is 1. The predicted octanol–water partition coefficient (Wildman–Crippen LogP) is 1.40. The van der Waals surface area contributed by atoms with Crippen molar-refractivity contribution in [3.05, 3.63) is 0 Å². The van der Waals surface area contributed by atoms with Gasteiger partial charge in [-0.2, -0.15) is 0 Å². The van der Waals surface area contributed by atoms with E-state index in [4.69, 9.17) is 10.2 Å². The van der Waals surface area contributed by atoms with Crippen molar-refractivity contribution >= 4 is 5.97 Å². The van der Waals surface area contributed by atoms with Crippen molar-refractivity contribution < 1.29 is 15.0 Å². The number of aliphatic carboxylic acids is 1. The van der Waals surface area contributed by atoms with Crippen LogP contribution in [-0.4, -0.2) is 22.3 Å². The maximum absolute atomic E-state index is 10.1. The summed E-state index contributed by atoms with van der Waals surface area (Å²) in [5, 5.41) is 17.4. The van der Waals surface area contributed by atoms with Crippen LogP contribution < -0.4 is 0 Å². The second-order valence-electron chi connectivity index (χ2n) is 2.73. The summed E-state index contributed by atoms with van der Waals surface area (Å²) >= 11 is 0. The molecule has 0 heterocycles. The van der Waals surface area contributed by atoms with Gasteiger partial charge in [0.25, 0.3) is 0 Å². The molecule has 66 valence electrons. The Balaban J connectivity index is 3.22. The molecule has 11 heavy (non-hydrogen) atoms. The highest BCUT2D eigenvalue weighted by Crippen LogP contribution is 2.05. The summed E-state index contributed by atoms with van der Waals surface area (Å²) in [7, 11) is 0. The molecule has 0 amide bonds. The van der Waals surface area contributed by atoms with E-state index in [1.54, 1.807) is 0 Å². The topological polar surface area (TPSA) is 57.5 Å². The van der Waals surface area contributed by atoms with Gasteiger partial charge in [0.05, 0.1) is 6.10 Å². The number of carboxylic acid groups (broad SMARTS) is 1. The molecular weight excluding hydrogens is 144 g/mol. The molecule has 0 unspecified atom stereocenters. The normalized spacial score (nSPS) is 12.9. The fourth-order valence-corrected chi connectivity index (χ4v) is 0.874. The number of rotatable bonds is 6. The molecule has 0 radical (unpaired) electrons. The van der Waals surface area contributed by atoms with Gasteiger partial charge in [0.15, 0.2) is 0 Å². The highest BCUT2D eigenvalue weighted by atomic mass is 16.4. The first-order valence-electron chi connectivity index (χ1n) is 4.06. The van der Waals surface area contributed by atoms with Crippen LogP contribution in [0.1, 0.15) is 39.0 Å². The van der Waals surface area contributed by atoms with Crippen molar-refractivity contribution in [2.45, 2.75) is 45.1 Å². The maximum Gasteiger partial charge on any atom is 0.303 e. The fraction of sp³-hybridized carbons (Fsp3) is 0.875. The first-order chi connectivity index (χ1) is 5.16. The van der Waals surface area contributed by atoms with Gasteiger partial charge in [0, 0.05) is 6.42 Å². The number of hydrogen-bond acceptors (Lipinski definition) is 2. The zero-order valence-electron chi connectivity index (χ0n) is 6.92. The van der Waals surface area contributed by atoms with Crippen molar-refractivity contribution in [3.63, 3.8) is 0 Å². The third-order valence-electron chi connectivity index (χ3n) is 1.58. The molecule has 2 N–H and O–H groups in total. The number of unbranched alkanes of at least 4 members (excludes halogenated alkanes) is 1. The molecular formula is C8H16O3. The summed E-state index contributed by atoms with van der Waals surface area (Å²) in [5.74, 6) is -0.833. The largest absolute Gasteiger partial charge is 0.481 e. The molecule has 0 spiro atoms. The van der Waals surface area contributed by atoms with E-state index in [0.29, 0.717) is 6.42 Å². The zero-order valence-corrected chi connectivity index (χ0v) is 6.92. The van der Waals surface area contributed by atoms with Crippen LogP contribution >= 0.6 is 0 Å². The van der Waals surface area contributed by atoms with Crippen LogP contribution in [0.15, 0.2) is 0 Å². The van der Waals surface area contributed by atoms with Crippen LogP contribution in [0, 0.1) is 0 Å². The van der Waals surface area contributed by atoms with E-state index in [1.165, 1.54) is 0 Å². The van der Waals surface area contributed by atoms with Crippen molar-refractivity contribution in [1.82, 2.24) is 0 Å². The second kappa shape index (κ2) is 6.16. The van der Waals surface area contributed by atoms with Gasteiger partial charge in [0.1, 0.15) is 0 Å². The van der Waals surface area contributed by atoms with Gasteiger partial charge in [-0.05, 0) is 12.8 Å². The van der Waals surface area contributed by atoms with Crippen molar-refractivity contribution in [2.75, 3.05) is 0 Å². The molecule has 0 aliphatic rings. The number of hydrogen-bond donors (Lipinski definition) is 2. The molecule has 0 aliphatic carbocycles. The van der Waals surface area contributed by atoms with Crippen LogP contribution in [0.3, 0.4) is 0 Å². The van der Waals surface area contributed by atoms with Crippen LogP contribution in [0.25, 0.3) is 0 Å². The predicted molar refractivity (Wildman–Crippen MR) is 42.4 cm³/mol. The molecule has 0 aromatic carbocycles. The average molecular weight is 160 g/mol. The minimum atomic E-state index is -0.833. The van der Waals surface area contributed by atoms with Gasteiger partial charge in [-0.3, -0.25) is 4.79 Å². The summed E-state index contributed by atoms with van der Waals surface area (Å²) in [6, 6.07) is 0. The molecule has 0 fully saturated rings. The van der Waals surface area contributed by atoms with Gasteiger partial charge in [-0.25, -0.2) is 0 Å². The Labute approximate surface area is 67.0 Å². The maximum atomic E-state index is 10.1. The number of carbonyl (C=O) groups is 1. The highest BCUT2D eigenvalue weighted by molar-refractivity contribution is 5.66. The van der Waals surface area contributed by atoms with Gasteiger partial charge in [0.2, 0.25) is 0 Å². The first kappa shape index (κ1) is 10.4. The van der Waals surface area contributed by atoms with E-state index < -0.39 is 12.1 Å². The summed E-state index contributed by atoms with van der Waals surface area (Å²) < 4.78 is 0. The SMILES string of the molecule is CCCC[C@@H](O)CCC(=O)O. The lowest BCUT2D eigenvalue weighted by Crippen LogP contribution is -2.08. The lowest BCUT2D eigenvalue weighted by molar-refractivity contribution is -0.137. The summed E-state index contributed by atoms with van der Waals surface area (Å²) in [6.07, 6.45) is 2.78. The van der Waals surface area contributed by atoms with Gasteiger partial charge in [-0.15, -0.1) is 0 Å². The smallest absolute Gasteiger partial charge is 0.303 e. The van der Waals surface area contributed by atoms with Crippen molar-refractivity contribution in [3.8, 4) is 0 Å². The summed E-state index contributed by atoms with van der Waals surface area (Å²) in [5.41, 5.74) is 0. The zero-order chi connectivity index (χ0) is 8.69. The van der Waals surface area contributed by atoms with Crippen molar-refractivity contribution in [1.29, 1.82) is 0 Å². The monoisotopic (exact) mass is 160 g/mol. The number of aliphatic hydroxyl groups is 1. The van der Waals surface area contributed by atoms with E-state index in [9.17, 15) is 4.79 Å². The summed E-state index contributed by atoms with van der Waals surface area (Å²) in [4.78, 5) is 10.1. The summed E-state index contributed by atoms with van der Waals surface area (Å²) in [6.45, 7) is 2.05. The molecule has 0 bridgehead atoms. The highest BCUT2D eigenvalue weighted by Gasteiger charge is 2.05. The molecule has 0 aliphatic heterocycles. The Kier molecular flexibility index (Phi) is 5.84. The van der Waals surface area contributed by atoms with Crippen LogP contribution in [0.5, 0.6) is 0 Å². The lowest BCUT2D eigenvalue weighted by atomic mass is 10.1. The van der Waals surface area contributed by atoms with E-state index in [-0.39, 0.29) is 6.42 Å². The second-order valence-corrected chi connectivity index (χ2v) is 2.73. The third-order valence-corrected chi connectivity index (χ3v) is 1.58. The van der Waals surface area contributed by atoms with E-state index in [0.717, 1.165) is 19.3 Å². The molecule has 0 aromatic heterocycles. The van der Waals surface area contributed by atoms with Gasteiger partial charge < -0.3 is 10.2 Å². The Morgan fingerprint density at radius 1 is 1.45 bits per heavy atom. The molecule has 0 aromatic rings. The quantitative estimate of drug-likeness (QED) is 0.617. The Morgan fingerprint density at radius 3 is 2.55 bits per heavy atom. The minimum absolute atomic E-state index is 0.0743. The van der Waals surface area contributed by atoms with Crippen LogP contribution in [0.4, 0.5) is 0 Å². The standard InChI is InChI=1S/C8H16O3/c1-2-3-4-7(9)5-6-8(10)11/h7,9H,2-6H2,1H3,(H,10,11)/t7-/m1/s1. The van der Waals surface area contributed by atoms with E-state index in [1.807, 2.05) is 6.92 Å². The molecule has 0 saturated carbocycles.